The zero-order chi connectivity index (χ0) is 19.5. The molecule has 0 radical (unpaired) electrons. The fraction of sp³-hybridized carbons (Fsp3) is 0.435. The molecule has 0 aromatic heterocycles. The summed E-state index contributed by atoms with van der Waals surface area (Å²) in [4.78, 5) is 12.9. The number of carbonyl (C=O) groups is 1. The summed E-state index contributed by atoms with van der Waals surface area (Å²) in [6.07, 6.45) is 9.48. The van der Waals surface area contributed by atoms with Crippen LogP contribution in [-0.2, 0) is 14.9 Å². The SMILES string of the molecule is C=C/C=C(C(=O)NCC1(c2ccccc2)CCCCNCC1)\C(=C/C)OC. The molecule has 0 bridgehead atoms. The number of rotatable bonds is 7. The van der Waals surface area contributed by atoms with Gasteiger partial charge in [-0.3, -0.25) is 4.79 Å². The zero-order valence-corrected chi connectivity index (χ0v) is 16.6. The van der Waals surface area contributed by atoms with Crippen LogP contribution in [0, 0.1) is 0 Å². The highest BCUT2D eigenvalue weighted by Gasteiger charge is 2.33. The van der Waals surface area contributed by atoms with E-state index in [1.54, 1.807) is 25.3 Å². The molecule has 4 nitrogen and oxygen atoms in total. The average molecular weight is 369 g/mol. The topological polar surface area (TPSA) is 50.4 Å². The van der Waals surface area contributed by atoms with Crippen molar-refractivity contribution in [3.05, 3.63) is 72.0 Å². The maximum Gasteiger partial charge on any atom is 0.255 e. The molecule has 0 spiro atoms. The van der Waals surface area contributed by atoms with Gasteiger partial charge in [-0.05, 0) is 57.0 Å². The number of allylic oxidation sites excluding steroid dienone is 3. The van der Waals surface area contributed by atoms with Crippen molar-refractivity contribution in [1.82, 2.24) is 10.6 Å². The lowest BCUT2D eigenvalue weighted by molar-refractivity contribution is -0.117. The molecule has 1 aliphatic heterocycles. The summed E-state index contributed by atoms with van der Waals surface area (Å²) >= 11 is 0. The van der Waals surface area contributed by atoms with Crippen molar-refractivity contribution in [2.45, 2.75) is 38.0 Å². The summed E-state index contributed by atoms with van der Waals surface area (Å²) in [6.45, 7) is 8.21. The van der Waals surface area contributed by atoms with Gasteiger partial charge >= 0.3 is 0 Å². The van der Waals surface area contributed by atoms with Crippen molar-refractivity contribution in [2.75, 3.05) is 26.7 Å². The van der Waals surface area contributed by atoms with Gasteiger partial charge in [-0.25, -0.2) is 0 Å². The molecule has 0 aliphatic carbocycles. The second-order valence-corrected chi connectivity index (χ2v) is 6.96. The summed E-state index contributed by atoms with van der Waals surface area (Å²) in [7, 11) is 1.57. The Labute approximate surface area is 163 Å². The number of carbonyl (C=O) groups excluding carboxylic acids is 1. The molecular weight excluding hydrogens is 336 g/mol. The third kappa shape index (κ3) is 5.57. The highest BCUT2D eigenvalue weighted by molar-refractivity contribution is 5.97. The molecule has 1 unspecified atom stereocenters. The summed E-state index contributed by atoms with van der Waals surface area (Å²) < 4.78 is 5.35. The molecule has 0 saturated carbocycles. The van der Waals surface area contributed by atoms with Gasteiger partial charge in [0, 0.05) is 12.0 Å². The molecule has 1 atom stereocenters. The van der Waals surface area contributed by atoms with Gasteiger partial charge in [-0.2, -0.15) is 0 Å². The first-order valence-electron chi connectivity index (χ1n) is 9.74. The molecule has 4 heteroatoms. The van der Waals surface area contributed by atoms with Gasteiger partial charge in [0.25, 0.3) is 5.91 Å². The normalized spacial score (nSPS) is 21.7. The third-order valence-corrected chi connectivity index (χ3v) is 5.29. The molecule has 1 saturated heterocycles. The Balaban J connectivity index is 2.23. The van der Waals surface area contributed by atoms with Crippen molar-refractivity contribution in [3.63, 3.8) is 0 Å². The summed E-state index contributed by atoms with van der Waals surface area (Å²) in [6, 6.07) is 10.6. The second kappa shape index (κ2) is 10.7. The van der Waals surface area contributed by atoms with Gasteiger partial charge in [-0.1, -0.05) is 49.4 Å². The van der Waals surface area contributed by atoms with E-state index in [4.69, 9.17) is 4.74 Å². The van der Waals surface area contributed by atoms with Crippen LogP contribution in [0.15, 0.2) is 66.5 Å². The Hall–Kier alpha value is -2.33. The lowest BCUT2D eigenvalue weighted by Crippen LogP contribution is -2.44. The highest BCUT2D eigenvalue weighted by Crippen LogP contribution is 2.34. The lowest BCUT2D eigenvalue weighted by Gasteiger charge is -2.36. The van der Waals surface area contributed by atoms with Crippen LogP contribution in [0.2, 0.25) is 0 Å². The van der Waals surface area contributed by atoms with Gasteiger partial charge in [0.1, 0.15) is 5.76 Å². The van der Waals surface area contributed by atoms with Crippen LogP contribution >= 0.6 is 0 Å². The summed E-state index contributed by atoms with van der Waals surface area (Å²) in [5.74, 6) is 0.427. The van der Waals surface area contributed by atoms with E-state index in [1.807, 2.05) is 13.0 Å². The van der Waals surface area contributed by atoms with Crippen LogP contribution in [0.1, 0.15) is 38.2 Å². The fourth-order valence-corrected chi connectivity index (χ4v) is 3.77. The minimum atomic E-state index is -0.129. The first kappa shape index (κ1) is 21.0. The molecule has 1 amide bonds. The molecule has 146 valence electrons. The van der Waals surface area contributed by atoms with Crippen LogP contribution in [0.5, 0.6) is 0 Å². The summed E-state index contributed by atoms with van der Waals surface area (Å²) in [5, 5.41) is 6.68. The number of benzene rings is 1. The molecule has 2 rings (SSSR count). The Morgan fingerprint density at radius 3 is 2.70 bits per heavy atom. The smallest absolute Gasteiger partial charge is 0.255 e. The second-order valence-electron chi connectivity index (χ2n) is 6.96. The van der Waals surface area contributed by atoms with Crippen LogP contribution in [-0.4, -0.2) is 32.7 Å². The molecule has 1 aliphatic rings. The maximum absolute atomic E-state index is 12.9. The van der Waals surface area contributed by atoms with E-state index >= 15 is 0 Å². The first-order valence-corrected chi connectivity index (χ1v) is 9.74. The minimum Gasteiger partial charge on any atom is -0.496 e. The average Bonchev–Trinajstić information content (AvgIpc) is 2.68. The Morgan fingerprint density at radius 1 is 1.26 bits per heavy atom. The number of methoxy groups -OCH3 is 1. The monoisotopic (exact) mass is 368 g/mol. The van der Waals surface area contributed by atoms with E-state index in [1.165, 1.54) is 5.56 Å². The number of hydrogen-bond donors (Lipinski definition) is 2. The van der Waals surface area contributed by atoms with Crippen molar-refractivity contribution >= 4 is 5.91 Å². The van der Waals surface area contributed by atoms with E-state index < -0.39 is 0 Å². The van der Waals surface area contributed by atoms with E-state index in [9.17, 15) is 4.79 Å². The van der Waals surface area contributed by atoms with Crippen molar-refractivity contribution in [1.29, 1.82) is 0 Å². The van der Waals surface area contributed by atoms with Gasteiger partial charge in [0.15, 0.2) is 0 Å². The van der Waals surface area contributed by atoms with E-state index in [2.05, 4.69) is 41.5 Å². The van der Waals surface area contributed by atoms with Crippen LogP contribution < -0.4 is 10.6 Å². The predicted octanol–water partition coefficient (Wildman–Crippen LogP) is 3.87. The standard InChI is InChI=1S/C23H32N2O2/c1-4-11-20(21(5-2)27-3)22(26)25-18-23(19-12-7-6-8-13-19)14-9-10-16-24-17-15-23/h4-8,11-13,24H,1,9-10,14-18H2,2-3H3,(H,25,26)/b20-11+,21-5+. The Morgan fingerprint density at radius 2 is 2.04 bits per heavy atom. The number of hydrogen-bond acceptors (Lipinski definition) is 3. The minimum absolute atomic E-state index is 0.0627. The molecule has 1 fully saturated rings. The largest absolute Gasteiger partial charge is 0.496 e. The van der Waals surface area contributed by atoms with Gasteiger partial charge in [0.2, 0.25) is 0 Å². The van der Waals surface area contributed by atoms with Gasteiger partial charge < -0.3 is 15.4 Å². The van der Waals surface area contributed by atoms with E-state index in [0.717, 1.165) is 38.8 Å². The molecule has 2 N–H and O–H groups in total. The molecule has 1 aromatic rings. The fourth-order valence-electron chi connectivity index (χ4n) is 3.77. The van der Waals surface area contributed by atoms with Crippen LogP contribution in [0.25, 0.3) is 0 Å². The van der Waals surface area contributed by atoms with Gasteiger partial charge in [0.05, 0.1) is 12.7 Å². The van der Waals surface area contributed by atoms with Crippen molar-refractivity contribution in [3.8, 4) is 0 Å². The number of nitrogens with one attached hydrogen (secondary N) is 2. The Kier molecular flexibility index (Phi) is 8.34. The number of ether oxygens (including phenoxy) is 1. The summed E-state index contributed by atoms with van der Waals surface area (Å²) in [5.41, 5.74) is 1.73. The van der Waals surface area contributed by atoms with Crippen molar-refractivity contribution in [2.24, 2.45) is 0 Å². The molecule has 1 heterocycles. The highest BCUT2D eigenvalue weighted by atomic mass is 16.5. The van der Waals surface area contributed by atoms with E-state index in [-0.39, 0.29) is 11.3 Å². The number of amides is 1. The first-order chi connectivity index (χ1) is 13.2. The Bertz CT molecular complexity index is 669. The van der Waals surface area contributed by atoms with Crippen molar-refractivity contribution < 1.29 is 9.53 Å². The van der Waals surface area contributed by atoms with Crippen LogP contribution in [0.4, 0.5) is 0 Å². The maximum atomic E-state index is 12.9. The van der Waals surface area contributed by atoms with E-state index in [0.29, 0.717) is 17.9 Å². The molecule has 1 aromatic carbocycles. The quantitative estimate of drug-likeness (QED) is 0.436. The molecular formula is C23H32N2O2. The zero-order valence-electron chi connectivity index (χ0n) is 16.6. The predicted molar refractivity (Wildman–Crippen MR) is 112 cm³/mol. The third-order valence-electron chi connectivity index (χ3n) is 5.29. The van der Waals surface area contributed by atoms with Gasteiger partial charge in [-0.15, -0.1) is 0 Å². The lowest BCUT2D eigenvalue weighted by atomic mass is 9.73. The molecule has 27 heavy (non-hydrogen) atoms. The van der Waals surface area contributed by atoms with Crippen LogP contribution in [0.3, 0.4) is 0 Å².